The topological polar surface area (TPSA) is 21.3 Å². The maximum absolute atomic E-state index is 5.33. The summed E-state index contributed by atoms with van der Waals surface area (Å²) in [7, 11) is 0. The van der Waals surface area contributed by atoms with Gasteiger partial charge in [-0.15, -0.1) is 0 Å². The average Bonchev–Trinajstić information content (AvgIpc) is 2.69. The number of nitrogens with one attached hydrogen (secondary N) is 1. The minimum Gasteiger partial charge on any atom is -0.380 e. The highest BCUT2D eigenvalue weighted by atomic mass is 32.2. The van der Waals surface area contributed by atoms with Gasteiger partial charge in [0.15, 0.2) is 0 Å². The van der Waals surface area contributed by atoms with Crippen LogP contribution >= 0.6 is 11.8 Å². The highest BCUT2D eigenvalue weighted by Crippen LogP contribution is 2.24. The zero-order valence-electron chi connectivity index (χ0n) is 8.13. The molecular weight excluding hydrogens is 182 g/mol. The lowest BCUT2D eigenvalue weighted by molar-refractivity contribution is 0.190. The monoisotopic (exact) mass is 201 g/mol. The second kappa shape index (κ2) is 5.23. The molecule has 0 aliphatic carbocycles. The zero-order valence-corrected chi connectivity index (χ0v) is 8.94. The molecule has 0 aromatic carbocycles. The van der Waals surface area contributed by atoms with Crippen LogP contribution in [0.25, 0.3) is 0 Å². The van der Waals surface area contributed by atoms with Crippen LogP contribution < -0.4 is 5.32 Å². The zero-order chi connectivity index (χ0) is 8.93. The summed E-state index contributed by atoms with van der Waals surface area (Å²) in [6.07, 6.45) is 5.47. The lowest BCUT2D eigenvalue weighted by Crippen LogP contribution is -2.35. The minimum atomic E-state index is 0.641. The Labute approximate surface area is 84.8 Å². The number of hydrogen-bond acceptors (Lipinski definition) is 3. The van der Waals surface area contributed by atoms with Gasteiger partial charge in [-0.05, 0) is 25.0 Å². The third kappa shape index (κ3) is 3.15. The molecule has 2 nitrogen and oxygen atoms in total. The van der Waals surface area contributed by atoms with Crippen LogP contribution in [-0.2, 0) is 4.74 Å². The third-order valence-corrected chi connectivity index (χ3v) is 4.24. The average molecular weight is 201 g/mol. The molecule has 2 rings (SSSR count). The molecule has 2 heterocycles. The largest absolute Gasteiger partial charge is 0.380 e. The fraction of sp³-hybridized carbons (Fsp3) is 1.00. The first-order chi connectivity index (χ1) is 6.45. The Balaban J connectivity index is 1.60. The van der Waals surface area contributed by atoms with Crippen LogP contribution in [-0.4, -0.2) is 36.8 Å². The van der Waals surface area contributed by atoms with Gasteiger partial charge >= 0.3 is 0 Å². The third-order valence-electron chi connectivity index (χ3n) is 2.84. The molecule has 13 heavy (non-hydrogen) atoms. The van der Waals surface area contributed by atoms with E-state index in [1.54, 1.807) is 0 Å². The second-order valence-corrected chi connectivity index (χ2v) is 5.37. The standard InChI is InChI=1S/C10H19NOS/c1-2-6-13-10(3-1)7-11-9-4-5-12-8-9/h9-11H,1-8H2. The van der Waals surface area contributed by atoms with Gasteiger partial charge in [-0.25, -0.2) is 0 Å². The van der Waals surface area contributed by atoms with E-state index in [0.717, 1.165) is 18.5 Å². The molecule has 2 atom stereocenters. The first kappa shape index (κ1) is 9.81. The highest BCUT2D eigenvalue weighted by molar-refractivity contribution is 7.99. The van der Waals surface area contributed by atoms with E-state index in [-0.39, 0.29) is 0 Å². The van der Waals surface area contributed by atoms with Crippen LogP contribution in [0.15, 0.2) is 0 Å². The number of hydrogen-bond donors (Lipinski definition) is 1. The highest BCUT2D eigenvalue weighted by Gasteiger charge is 2.18. The van der Waals surface area contributed by atoms with E-state index in [2.05, 4.69) is 17.1 Å². The van der Waals surface area contributed by atoms with Crippen molar-refractivity contribution in [3.05, 3.63) is 0 Å². The van der Waals surface area contributed by atoms with E-state index in [4.69, 9.17) is 4.74 Å². The van der Waals surface area contributed by atoms with E-state index in [0.29, 0.717) is 6.04 Å². The molecule has 1 N–H and O–H groups in total. The second-order valence-electron chi connectivity index (χ2n) is 3.96. The van der Waals surface area contributed by atoms with E-state index in [1.807, 2.05) is 0 Å². The SMILES string of the molecule is C1CCC(CNC2CCOC2)SC1. The Kier molecular flexibility index (Phi) is 3.94. The molecule has 2 aliphatic rings. The fourth-order valence-corrected chi connectivity index (χ4v) is 3.21. The summed E-state index contributed by atoms with van der Waals surface area (Å²) in [6, 6.07) is 0.641. The van der Waals surface area contributed by atoms with Gasteiger partial charge in [0.05, 0.1) is 6.61 Å². The minimum absolute atomic E-state index is 0.641. The predicted octanol–water partition coefficient (Wildman–Crippen LogP) is 1.65. The smallest absolute Gasteiger partial charge is 0.0620 e. The van der Waals surface area contributed by atoms with Gasteiger partial charge in [0.1, 0.15) is 0 Å². The normalized spacial score (nSPS) is 35.1. The number of thioether (sulfide) groups is 1. The lowest BCUT2D eigenvalue weighted by Gasteiger charge is -2.23. The summed E-state index contributed by atoms with van der Waals surface area (Å²) in [5.41, 5.74) is 0. The van der Waals surface area contributed by atoms with E-state index >= 15 is 0 Å². The van der Waals surface area contributed by atoms with E-state index in [9.17, 15) is 0 Å². The Morgan fingerprint density at radius 1 is 1.31 bits per heavy atom. The predicted molar refractivity (Wildman–Crippen MR) is 57.3 cm³/mol. The van der Waals surface area contributed by atoms with Gasteiger partial charge in [0, 0.05) is 24.4 Å². The molecule has 3 heteroatoms. The molecule has 0 saturated carbocycles. The molecule has 0 bridgehead atoms. The van der Waals surface area contributed by atoms with Crippen molar-refractivity contribution in [2.45, 2.75) is 37.0 Å². The van der Waals surface area contributed by atoms with Crippen molar-refractivity contribution >= 4 is 11.8 Å². The first-order valence-electron chi connectivity index (χ1n) is 5.38. The molecule has 0 spiro atoms. The summed E-state index contributed by atoms with van der Waals surface area (Å²) in [5, 5.41) is 4.48. The molecule has 2 fully saturated rings. The quantitative estimate of drug-likeness (QED) is 0.750. The van der Waals surface area contributed by atoms with Gasteiger partial charge in [-0.1, -0.05) is 6.42 Å². The van der Waals surface area contributed by atoms with Crippen molar-refractivity contribution in [1.82, 2.24) is 5.32 Å². The Hall–Kier alpha value is 0.270. The van der Waals surface area contributed by atoms with Crippen LogP contribution in [0.3, 0.4) is 0 Å². The molecule has 2 aliphatic heterocycles. The van der Waals surface area contributed by atoms with Gasteiger partial charge < -0.3 is 10.1 Å². The Bertz CT molecular complexity index is 142. The summed E-state index contributed by atoms with van der Waals surface area (Å²) in [4.78, 5) is 0. The molecule has 0 amide bonds. The van der Waals surface area contributed by atoms with Gasteiger partial charge in [-0.2, -0.15) is 11.8 Å². The first-order valence-corrected chi connectivity index (χ1v) is 6.43. The van der Waals surface area contributed by atoms with Crippen LogP contribution in [0.2, 0.25) is 0 Å². The summed E-state index contributed by atoms with van der Waals surface area (Å²) in [5.74, 6) is 1.37. The molecule has 2 saturated heterocycles. The maximum atomic E-state index is 5.33. The van der Waals surface area contributed by atoms with Gasteiger partial charge in [-0.3, -0.25) is 0 Å². The van der Waals surface area contributed by atoms with Crippen molar-refractivity contribution in [2.75, 3.05) is 25.5 Å². The molecule has 0 radical (unpaired) electrons. The number of rotatable bonds is 3. The summed E-state index contributed by atoms with van der Waals surface area (Å²) >= 11 is 2.14. The van der Waals surface area contributed by atoms with Crippen molar-refractivity contribution in [3.8, 4) is 0 Å². The van der Waals surface area contributed by atoms with Crippen molar-refractivity contribution < 1.29 is 4.74 Å². The van der Waals surface area contributed by atoms with Gasteiger partial charge in [0.2, 0.25) is 0 Å². The lowest BCUT2D eigenvalue weighted by atomic mass is 10.2. The van der Waals surface area contributed by atoms with Crippen LogP contribution in [0.4, 0.5) is 0 Å². The van der Waals surface area contributed by atoms with Gasteiger partial charge in [0.25, 0.3) is 0 Å². The molecule has 0 aromatic rings. The fourth-order valence-electron chi connectivity index (χ4n) is 1.96. The molecule has 76 valence electrons. The van der Waals surface area contributed by atoms with E-state index in [1.165, 1.54) is 38.0 Å². The maximum Gasteiger partial charge on any atom is 0.0620 e. The van der Waals surface area contributed by atoms with Crippen LogP contribution in [0.5, 0.6) is 0 Å². The number of ether oxygens (including phenoxy) is 1. The Morgan fingerprint density at radius 2 is 2.31 bits per heavy atom. The molecule has 0 aromatic heterocycles. The summed E-state index contributed by atoms with van der Waals surface area (Å²) in [6.45, 7) is 3.07. The van der Waals surface area contributed by atoms with Crippen molar-refractivity contribution in [1.29, 1.82) is 0 Å². The molecule has 2 unspecified atom stereocenters. The van der Waals surface area contributed by atoms with E-state index < -0.39 is 0 Å². The van der Waals surface area contributed by atoms with Crippen molar-refractivity contribution in [3.63, 3.8) is 0 Å². The Morgan fingerprint density at radius 3 is 3.00 bits per heavy atom. The van der Waals surface area contributed by atoms with Crippen LogP contribution in [0, 0.1) is 0 Å². The summed E-state index contributed by atoms with van der Waals surface area (Å²) < 4.78 is 5.33. The van der Waals surface area contributed by atoms with Crippen LogP contribution in [0.1, 0.15) is 25.7 Å². The molecular formula is C10H19NOS. The van der Waals surface area contributed by atoms with Crippen molar-refractivity contribution in [2.24, 2.45) is 0 Å².